The number of para-hydroxylation sites is 2. The average Bonchev–Trinajstić information content (AvgIpc) is 3.22. The number of benzene rings is 2. The third kappa shape index (κ3) is 3.52. The maximum Gasteiger partial charge on any atom is 0.326 e. The molecule has 2 aromatic carbocycles. The maximum atomic E-state index is 4.91. The van der Waals surface area contributed by atoms with Crippen LogP contribution in [-0.4, -0.2) is 44.8 Å². The molecule has 0 spiro atoms. The van der Waals surface area contributed by atoms with Crippen molar-refractivity contribution in [2.75, 3.05) is 18.4 Å². The summed E-state index contributed by atoms with van der Waals surface area (Å²) in [5.41, 5.74) is 2.90. The number of rotatable bonds is 5. The van der Waals surface area contributed by atoms with Gasteiger partial charge in [0.25, 0.3) is 5.65 Å². The molecule has 0 radical (unpaired) electrons. The summed E-state index contributed by atoms with van der Waals surface area (Å²) in [7, 11) is 0. The van der Waals surface area contributed by atoms with E-state index in [2.05, 4.69) is 52.7 Å². The molecular formula is C24H29N6+. The SMILES string of the molecule is CC1CCCC(C)N1CCNc1nc2ccccc2c2nn(-c3ccccc3)c[n+]12. The molecule has 154 valence electrons. The fourth-order valence-electron chi connectivity index (χ4n) is 4.65. The number of aromatic nitrogens is 4. The summed E-state index contributed by atoms with van der Waals surface area (Å²) in [4.78, 5) is 7.53. The van der Waals surface area contributed by atoms with Gasteiger partial charge in [-0.05, 0) is 56.1 Å². The molecule has 3 heterocycles. The molecule has 0 aliphatic carbocycles. The quantitative estimate of drug-likeness (QED) is 0.517. The second kappa shape index (κ2) is 8.03. The summed E-state index contributed by atoms with van der Waals surface area (Å²) in [6.45, 7) is 6.58. The van der Waals surface area contributed by atoms with E-state index in [4.69, 9.17) is 10.1 Å². The van der Waals surface area contributed by atoms with Gasteiger partial charge in [-0.1, -0.05) is 36.8 Å². The van der Waals surface area contributed by atoms with Crippen LogP contribution in [0.4, 0.5) is 5.95 Å². The first-order valence-corrected chi connectivity index (χ1v) is 11.0. The average molecular weight is 402 g/mol. The van der Waals surface area contributed by atoms with Gasteiger partial charge in [-0.15, -0.1) is 9.67 Å². The summed E-state index contributed by atoms with van der Waals surface area (Å²) in [5, 5.41) is 9.52. The van der Waals surface area contributed by atoms with Crippen LogP contribution in [0.2, 0.25) is 0 Å². The first-order chi connectivity index (χ1) is 14.7. The Kier molecular flexibility index (Phi) is 5.09. The van der Waals surface area contributed by atoms with Gasteiger partial charge in [-0.3, -0.25) is 4.90 Å². The maximum absolute atomic E-state index is 4.91. The number of anilines is 1. The summed E-state index contributed by atoms with van der Waals surface area (Å²) < 4.78 is 3.99. The van der Waals surface area contributed by atoms with E-state index >= 15 is 0 Å². The third-order valence-electron chi connectivity index (χ3n) is 6.30. The number of piperidine rings is 1. The molecule has 2 aromatic heterocycles. The van der Waals surface area contributed by atoms with Gasteiger partial charge in [0.15, 0.2) is 6.33 Å². The minimum absolute atomic E-state index is 0.647. The third-order valence-corrected chi connectivity index (χ3v) is 6.30. The van der Waals surface area contributed by atoms with Crippen molar-refractivity contribution in [2.45, 2.75) is 45.2 Å². The van der Waals surface area contributed by atoms with Gasteiger partial charge in [-0.2, -0.15) is 4.40 Å². The van der Waals surface area contributed by atoms with E-state index in [1.54, 1.807) is 0 Å². The van der Waals surface area contributed by atoms with Crippen molar-refractivity contribution in [1.29, 1.82) is 0 Å². The van der Waals surface area contributed by atoms with Crippen molar-refractivity contribution in [3.05, 3.63) is 60.9 Å². The molecule has 6 nitrogen and oxygen atoms in total. The monoisotopic (exact) mass is 401 g/mol. The second-order valence-corrected chi connectivity index (χ2v) is 8.34. The number of hydrogen-bond acceptors (Lipinski definition) is 4. The zero-order valence-electron chi connectivity index (χ0n) is 17.7. The van der Waals surface area contributed by atoms with E-state index < -0.39 is 0 Å². The molecule has 1 aliphatic heterocycles. The zero-order chi connectivity index (χ0) is 20.5. The van der Waals surface area contributed by atoms with E-state index in [0.29, 0.717) is 12.1 Å². The van der Waals surface area contributed by atoms with Crippen LogP contribution in [0.25, 0.3) is 22.2 Å². The van der Waals surface area contributed by atoms with E-state index in [1.807, 2.05) is 41.3 Å². The number of fused-ring (bicyclic) bond motifs is 3. The van der Waals surface area contributed by atoms with Gasteiger partial charge in [0.2, 0.25) is 0 Å². The van der Waals surface area contributed by atoms with Gasteiger partial charge in [0, 0.05) is 18.6 Å². The Labute approximate surface area is 177 Å². The van der Waals surface area contributed by atoms with Crippen molar-refractivity contribution < 1.29 is 4.40 Å². The van der Waals surface area contributed by atoms with Crippen molar-refractivity contribution >= 4 is 22.5 Å². The molecule has 1 N–H and O–H groups in total. The Morgan fingerprint density at radius 3 is 2.53 bits per heavy atom. The van der Waals surface area contributed by atoms with Gasteiger partial charge in [0.1, 0.15) is 11.2 Å². The van der Waals surface area contributed by atoms with Crippen LogP contribution in [-0.2, 0) is 0 Å². The molecule has 0 bridgehead atoms. The van der Waals surface area contributed by atoms with E-state index in [0.717, 1.165) is 41.3 Å². The normalized spacial score (nSPS) is 20.1. The predicted molar refractivity (Wildman–Crippen MR) is 120 cm³/mol. The number of nitrogens with zero attached hydrogens (tertiary/aromatic N) is 5. The van der Waals surface area contributed by atoms with Crippen LogP contribution < -0.4 is 9.72 Å². The Hall–Kier alpha value is -2.99. The minimum Gasteiger partial charge on any atom is -0.305 e. The Morgan fingerprint density at radius 1 is 1.00 bits per heavy atom. The van der Waals surface area contributed by atoms with E-state index in [9.17, 15) is 0 Å². The highest BCUT2D eigenvalue weighted by atomic mass is 15.4. The first-order valence-electron chi connectivity index (χ1n) is 11.0. The number of likely N-dealkylation sites (tertiary alicyclic amines) is 1. The largest absolute Gasteiger partial charge is 0.326 e. The summed E-state index contributed by atoms with van der Waals surface area (Å²) in [6.07, 6.45) is 5.94. The topological polar surface area (TPSA) is 50.1 Å². The lowest BCUT2D eigenvalue weighted by Crippen LogP contribution is -2.46. The molecule has 1 fully saturated rings. The smallest absolute Gasteiger partial charge is 0.305 e. The molecule has 6 heteroatoms. The molecule has 1 aliphatic rings. The molecule has 5 rings (SSSR count). The van der Waals surface area contributed by atoms with Crippen molar-refractivity contribution in [3.8, 4) is 5.69 Å². The van der Waals surface area contributed by atoms with Gasteiger partial charge in [0.05, 0.1) is 11.9 Å². The highest BCUT2D eigenvalue weighted by molar-refractivity contribution is 5.89. The van der Waals surface area contributed by atoms with Crippen molar-refractivity contribution in [1.82, 2.24) is 19.7 Å². The lowest BCUT2D eigenvalue weighted by atomic mass is 9.98. The van der Waals surface area contributed by atoms with Crippen LogP contribution in [0, 0.1) is 0 Å². The zero-order valence-corrected chi connectivity index (χ0v) is 17.7. The van der Waals surface area contributed by atoms with Crippen molar-refractivity contribution in [3.63, 3.8) is 0 Å². The van der Waals surface area contributed by atoms with Gasteiger partial charge < -0.3 is 5.32 Å². The Bertz CT molecular complexity index is 1140. The lowest BCUT2D eigenvalue weighted by molar-refractivity contribution is -0.498. The van der Waals surface area contributed by atoms with Crippen LogP contribution >= 0.6 is 0 Å². The molecule has 0 amide bonds. The molecule has 1 saturated heterocycles. The predicted octanol–water partition coefficient (Wildman–Crippen LogP) is 3.83. The summed E-state index contributed by atoms with van der Waals surface area (Å²) in [6, 6.07) is 19.7. The van der Waals surface area contributed by atoms with Crippen LogP contribution in [0.15, 0.2) is 60.9 Å². The van der Waals surface area contributed by atoms with Crippen LogP contribution in [0.3, 0.4) is 0 Å². The highest BCUT2D eigenvalue weighted by Gasteiger charge is 2.25. The molecular weight excluding hydrogens is 372 g/mol. The number of nitrogens with one attached hydrogen (secondary N) is 1. The van der Waals surface area contributed by atoms with Gasteiger partial charge >= 0.3 is 5.95 Å². The molecule has 30 heavy (non-hydrogen) atoms. The number of hydrogen-bond donors (Lipinski definition) is 1. The first kappa shape index (κ1) is 19.0. The van der Waals surface area contributed by atoms with Gasteiger partial charge in [-0.25, -0.2) is 0 Å². The highest BCUT2D eigenvalue weighted by Crippen LogP contribution is 2.22. The minimum atomic E-state index is 0.647. The Morgan fingerprint density at radius 2 is 1.73 bits per heavy atom. The van der Waals surface area contributed by atoms with Crippen LogP contribution in [0.1, 0.15) is 33.1 Å². The fourth-order valence-corrected chi connectivity index (χ4v) is 4.65. The lowest BCUT2D eigenvalue weighted by Gasteiger charge is -2.38. The molecule has 0 saturated carbocycles. The standard InChI is InChI=1S/C24H29N6/c1-18-9-8-10-19(2)28(18)16-15-25-24-26-22-14-7-6-13-21(22)23-27-30(17-29(23)24)20-11-4-3-5-12-20/h3-7,11-14,17-19H,8-10,15-16H2,1-2H3,(H,25,26)/q+1. The van der Waals surface area contributed by atoms with E-state index in [1.165, 1.54) is 19.3 Å². The Balaban J connectivity index is 1.48. The van der Waals surface area contributed by atoms with E-state index in [-0.39, 0.29) is 0 Å². The second-order valence-electron chi connectivity index (χ2n) is 8.34. The van der Waals surface area contributed by atoms with Crippen molar-refractivity contribution in [2.24, 2.45) is 0 Å². The molecule has 2 atom stereocenters. The molecule has 4 aromatic rings. The summed E-state index contributed by atoms with van der Waals surface area (Å²) in [5.74, 6) is 0.836. The van der Waals surface area contributed by atoms with Crippen LogP contribution in [0.5, 0.6) is 0 Å². The summed E-state index contributed by atoms with van der Waals surface area (Å²) >= 11 is 0. The molecule has 2 unspecified atom stereocenters. The fraction of sp³-hybridized carbons (Fsp3) is 0.375.